The first-order chi connectivity index (χ1) is 7.40. The van der Waals surface area contributed by atoms with Crippen LogP contribution in [0.15, 0.2) is 5.38 Å². The molecule has 0 saturated heterocycles. The highest BCUT2D eigenvalue weighted by Crippen LogP contribution is 2.20. The van der Waals surface area contributed by atoms with Crippen molar-refractivity contribution in [1.82, 2.24) is 4.98 Å². The topological polar surface area (TPSA) is 51.2 Å². The molecule has 0 aliphatic carbocycles. The molecule has 1 aromatic rings. The van der Waals surface area contributed by atoms with Gasteiger partial charge in [0.05, 0.1) is 18.7 Å². The van der Waals surface area contributed by atoms with Gasteiger partial charge in [0.2, 0.25) is 0 Å². The second kappa shape index (κ2) is 5.30. The number of hydrogen-bond donors (Lipinski definition) is 1. The highest BCUT2D eigenvalue weighted by Gasteiger charge is 2.13. The second-order valence-corrected chi connectivity index (χ2v) is 5.36. The molecule has 0 bridgehead atoms. The van der Waals surface area contributed by atoms with Crippen LogP contribution in [0.25, 0.3) is 0 Å². The summed E-state index contributed by atoms with van der Waals surface area (Å²) >= 11 is 1.51. The van der Waals surface area contributed by atoms with Gasteiger partial charge in [0.15, 0.2) is 5.13 Å². The minimum atomic E-state index is -0.227. The highest BCUT2D eigenvalue weighted by atomic mass is 32.1. The van der Waals surface area contributed by atoms with Gasteiger partial charge in [-0.2, -0.15) is 0 Å². The Labute approximate surface area is 100 Å². The van der Waals surface area contributed by atoms with E-state index in [1.54, 1.807) is 6.92 Å². The van der Waals surface area contributed by atoms with E-state index >= 15 is 0 Å². The monoisotopic (exact) mass is 242 g/mol. The molecule has 1 aromatic heterocycles. The van der Waals surface area contributed by atoms with Gasteiger partial charge in [-0.15, -0.1) is 11.3 Å². The lowest BCUT2D eigenvalue weighted by molar-refractivity contribution is -0.142. The van der Waals surface area contributed by atoms with Crippen LogP contribution in [0, 0.1) is 0 Å². The van der Waals surface area contributed by atoms with Gasteiger partial charge in [0.25, 0.3) is 0 Å². The molecule has 0 amide bonds. The Morgan fingerprint density at radius 1 is 1.56 bits per heavy atom. The molecule has 16 heavy (non-hydrogen) atoms. The summed E-state index contributed by atoms with van der Waals surface area (Å²) in [6, 6.07) is 0. The van der Waals surface area contributed by atoms with Crippen LogP contribution < -0.4 is 5.32 Å². The maximum Gasteiger partial charge on any atom is 0.311 e. The third-order valence-corrected chi connectivity index (χ3v) is 2.47. The van der Waals surface area contributed by atoms with Crippen LogP contribution in [0.4, 0.5) is 5.13 Å². The van der Waals surface area contributed by atoms with Crippen LogP contribution in [0.3, 0.4) is 0 Å². The number of esters is 1. The summed E-state index contributed by atoms with van der Waals surface area (Å²) < 4.78 is 4.86. The summed E-state index contributed by atoms with van der Waals surface area (Å²) in [5.74, 6) is -0.227. The molecule has 0 radical (unpaired) electrons. The molecular weight excluding hydrogens is 224 g/mol. The van der Waals surface area contributed by atoms with Crippen molar-refractivity contribution in [2.45, 2.75) is 39.7 Å². The SMILES string of the molecule is CCOC(=O)Cc1csc(NC(C)(C)C)n1. The van der Waals surface area contributed by atoms with Crippen molar-refractivity contribution >= 4 is 22.4 Å². The van der Waals surface area contributed by atoms with E-state index in [4.69, 9.17) is 4.74 Å². The highest BCUT2D eigenvalue weighted by molar-refractivity contribution is 7.13. The van der Waals surface area contributed by atoms with E-state index in [1.165, 1.54) is 11.3 Å². The first kappa shape index (κ1) is 13.0. The predicted octanol–water partition coefficient (Wildman–Crippen LogP) is 2.46. The van der Waals surface area contributed by atoms with Gasteiger partial charge in [0.1, 0.15) is 0 Å². The van der Waals surface area contributed by atoms with Crippen LogP contribution >= 0.6 is 11.3 Å². The normalized spacial score (nSPS) is 11.2. The molecule has 90 valence electrons. The fourth-order valence-corrected chi connectivity index (χ4v) is 2.05. The van der Waals surface area contributed by atoms with Gasteiger partial charge in [-0.25, -0.2) is 4.98 Å². The lowest BCUT2D eigenvalue weighted by Gasteiger charge is -2.19. The summed E-state index contributed by atoms with van der Waals surface area (Å²) in [5, 5.41) is 5.98. The Kier molecular flexibility index (Phi) is 4.29. The smallest absolute Gasteiger partial charge is 0.311 e. The van der Waals surface area contributed by atoms with Gasteiger partial charge in [0, 0.05) is 10.9 Å². The van der Waals surface area contributed by atoms with Gasteiger partial charge in [-0.1, -0.05) is 0 Å². The number of thiazole rings is 1. The maximum atomic E-state index is 11.2. The molecule has 1 N–H and O–H groups in total. The molecule has 0 spiro atoms. The summed E-state index contributed by atoms with van der Waals surface area (Å²) in [7, 11) is 0. The van der Waals surface area contributed by atoms with E-state index < -0.39 is 0 Å². The van der Waals surface area contributed by atoms with Crippen molar-refractivity contribution < 1.29 is 9.53 Å². The average Bonchev–Trinajstić information content (AvgIpc) is 2.49. The zero-order valence-corrected chi connectivity index (χ0v) is 11.0. The molecule has 4 nitrogen and oxygen atoms in total. The number of carbonyl (C=O) groups is 1. The Hall–Kier alpha value is -1.10. The van der Waals surface area contributed by atoms with E-state index in [0.29, 0.717) is 6.61 Å². The molecule has 0 aliphatic rings. The molecule has 0 fully saturated rings. The summed E-state index contributed by atoms with van der Waals surface area (Å²) in [4.78, 5) is 15.6. The molecule has 5 heteroatoms. The van der Waals surface area contributed by atoms with Crippen molar-refractivity contribution in [2.24, 2.45) is 0 Å². The molecule has 1 rings (SSSR count). The van der Waals surface area contributed by atoms with E-state index in [1.807, 2.05) is 5.38 Å². The fraction of sp³-hybridized carbons (Fsp3) is 0.636. The fourth-order valence-electron chi connectivity index (χ4n) is 1.13. The lowest BCUT2D eigenvalue weighted by atomic mass is 10.1. The molecule has 0 unspecified atom stereocenters. The number of ether oxygens (including phenoxy) is 1. The van der Waals surface area contributed by atoms with E-state index in [2.05, 4.69) is 31.1 Å². The zero-order valence-electron chi connectivity index (χ0n) is 10.2. The number of nitrogens with one attached hydrogen (secondary N) is 1. The van der Waals surface area contributed by atoms with Crippen molar-refractivity contribution in [3.63, 3.8) is 0 Å². The number of rotatable bonds is 4. The number of aromatic nitrogens is 1. The van der Waals surface area contributed by atoms with Crippen LogP contribution in [0.1, 0.15) is 33.4 Å². The van der Waals surface area contributed by atoms with Crippen molar-refractivity contribution in [1.29, 1.82) is 0 Å². The summed E-state index contributed by atoms with van der Waals surface area (Å²) in [6.07, 6.45) is 0.246. The zero-order chi connectivity index (χ0) is 12.2. The standard InChI is InChI=1S/C11H18N2O2S/c1-5-15-9(14)6-8-7-16-10(12-8)13-11(2,3)4/h7H,5-6H2,1-4H3,(H,12,13). The van der Waals surface area contributed by atoms with E-state index in [-0.39, 0.29) is 17.9 Å². The van der Waals surface area contributed by atoms with Crippen LogP contribution in [-0.2, 0) is 16.0 Å². The number of carbonyl (C=O) groups excluding carboxylic acids is 1. The predicted molar refractivity (Wildman–Crippen MR) is 65.8 cm³/mol. The van der Waals surface area contributed by atoms with Crippen LogP contribution in [0.5, 0.6) is 0 Å². The lowest BCUT2D eigenvalue weighted by Crippen LogP contribution is -2.25. The summed E-state index contributed by atoms with van der Waals surface area (Å²) in [6.45, 7) is 8.42. The molecule has 0 aliphatic heterocycles. The molecule has 0 atom stereocenters. The number of anilines is 1. The van der Waals surface area contributed by atoms with Gasteiger partial charge in [-0.05, 0) is 27.7 Å². The van der Waals surface area contributed by atoms with Crippen LogP contribution in [0.2, 0.25) is 0 Å². The first-order valence-corrected chi connectivity index (χ1v) is 6.17. The summed E-state index contributed by atoms with van der Waals surface area (Å²) in [5.41, 5.74) is 0.745. The van der Waals surface area contributed by atoms with E-state index in [0.717, 1.165) is 10.8 Å². The largest absolute Gasteiger partial charge is 0.466 e. The minimum absolute atomic E-state index is 0.0148. The van der Waals surface area contributed by atoms with Crippen LogP contribution in [-0.4, -0.2) is 23.1 Å². The van der Waals surface area contributed by atoms with E-state index in [9.17, 15) is 4.79 Å². The Morgan fingerprint density at radius 3 is 2.81 bits per heavy atom. The van der Waals surface area contributed by atoms with Crippen molar-refractivity contribution in [3.05, 3.63) is 11.1 Å². The Morgan fingerprint density at radius 2 is 2.25 bits per heavy atom. The molecule has 0 saturated carbocycles. The third kappa shape index (κ3) is 4.61. The third-order valence-electron chi connectivity index (χ3n) is 1.66. The van der Waals surface area contributed by atoms with Gasteiger partial charge in [-0.3, -0.25) is 4.79 Å². The molecular formula is C11H18N2O2S. The first-order valence-electron chi connectivity index (χ1n) is 5.29. The second-order valence-electron chi connectivity index (χ2n) is 4.50. The number of nitrogens with zero attached hydrogens (tertiary/aromatic N) is 1. The Bertz CT molecular complexity index is 355. The average molecular weight is 242 g/mol. The van der Waals surface area contributed by atoms with Crippen molar-refractivity contribution in [2.75, 3.05) is 11.9 Å². The van der Waals surface area contributed by atoms with Gasteiger partial charge < -0.3 is 10.1 Å². The maximum absolute atomic E-state index is 11.2. The van der Waals surface area contributed by atoms with Gasteiger partial charge >= 0.3 is 5.97 Å². The quantitative estimate of drug-likeness (QED) is 0.824. The van der Waals surface area contributed by atoms with Crippen molar-refractivity contribution in [3.8, 4) is 0 Å². The molecule has 0 aromatic carbocycles. The number of hydrogen-bond acceptors (Lipinski definition) is 5. The Balaban J connectivity index is 2.55. The minimum Gasteiger partial charge on any atom is -0.466 e. The molecule has 1 heterocycles.